The largest absolute Gasteiger partial charge is 0.339 e. The standard InChI is InChI=1S/C12H19NOS/c1-5-10-9(4)15-8-11(10)12(14)13(6-2)7-3/h8H,5-7H2,1-4H3. The molecule has 1 aromatic heterocycles. The highest BCUT2D eigenvalue weighted by molar-refractivity contribution is 7.10. The zero-order valence-electron chi connectivity index (χ0n) is 9.96. The SMILES string of the molecule is CCc1c(C(=O)N(CC)CC)csc1C. The van der Waals surface area contributed by atoms with Crippen LogP contribution in [0, 0.1) is 6.92 Å². The summed E-state index contributed by atoms with van der Waals surface area (Å²) in [5, 5.41) is 1.99. The van der Waals surface area contributed by atoms with Crippen molar-refractivity contribution in [3.05, 3.63) is 21.4 Å². The number of rotatable bonds is 4. The summed E-state index contributed by atoms with van der Waals surface area (Å²) >= 11 is 1.67. The Morgan fingerprint density at radius 3 is 2.40 bits per heavy atom. The van der Waals surface area contributed by atoms with Gasteiger partial charge in [0, 0.05) is 23.3 Å². The van der Waals surface area contributed by atoms with Crippen molar-refractivity contribution in [1.82, 2.24) is 4.90 Å². The Labute approximate surface area is 95.9 Å². The van der Waals surface area contributed by atoms with E-state index in [1.165, 1.54) is 10.4 Å². The lowest BCUT2D eigenvalue weighted by Gasteiger charge is -2.18. The number of thiophene rings is 1. The van der Waals surface area contributed by atoms with E-state index < -0.39 is 0 Å². The normalized spacial score (nSPS) is 10.4. The molecule has 0 aliphatic carbocycles. The van der Waals surface area contributed by atoms with Crippen LogP contribution in [0.5, 0.6) is 0 Å². The summed E-state index contributed by atoms with van der Waals surface area (Å²) in [5.41, 5.74) is 2.13. The van der Waals surface area contributed by atoms with E-state index in [0.717, 1.165) is 25.1 Å². The molecule has 0 bridgehead atoms. The van der Waals surface area contributed by atoms with E-state index >= 15 is 0 Å². The van der Waals surface area contributed by atoms with Crippen LogP contribution in [-0.2, 0) is 6.42 Å². The number of nitrogens with zero attached hydrogens (tertiary/aromatic N) is 1. The van der Waals surface area contributed by atoms with Crippen molar-refractivity contribution in [2.75, 3.05) is 13.1 Å². The van der Waals surface area contributed by atoms with E-state index in [9.17, 15) is 4.79 Å². The van der Waals surface area contributed by atoms with E-state index in [-0.39, 0.29) is 5.91 Å². The molecule has 1 rings (SSSR count). The zero-order valence-corrected chi connectivity index (χ0v) is 10.8. The van der Waals surface area contributed by atoms with Crippen molar-refractivity contribution >= 4 is 17.2 Å². The lowest BCUT2D eigenvalue weighted by molar-refractivity contribution is 0.0772. The van der Waals surface area contributed by atoms with E-state index in [1.807, 2.05) is 24.1 Å². The van der Waals surface area contributed by atoms with Gasteiger partial charge in [-0.3, -0.25) is 4.79 Å². The molecule has 0 saturated carbocycles. The predicted octanol–water partition coefficient (Wildman–Crippen LogP) is 3.10. The van der Waals surface area contributed by atoms with Gasteiger partial charge in [-0.25, -0.2) is 0 Å². The molecule has 2 nitrogen and oxygen atoms in total. The van der Waals surface area contributed by atoms with Gasteiger partial charge in [-0.2, -0.15) is 0 Å². The smallest absolute Gasteiger partial charge is 0.254 e. The summed E-state index contributed by atoms with van der Waals surface area (Å²) < 4.78 is 0. The molecule has 84 valence electrons. The maximum absolute atomic E-state index is 12.1. The van der Waals surface area contributed by atoms with Crippen LogP contribution in [-0.4, -0.2) is 23.9 Å². The van der Waals surface area contributed by atoms with Crippen LogP contribution in [0.2, 0.25) is 0 Å². The Hall–Kier alpha value is -0.830. The quantitative estimate of drug-likeness (QED) is 0.771. The average Bonchev–Trinajstić information content (AvgIpc) is 2.61. The molecule has 0 unspecified atom stereocenters. The van der Waals surface area contributed by atoms with Crippen molar-refractivity contribution in [3.8, 4) is 0 Å². The molecule has 0 saturated heterocycles. The second-order valence-corrected chi connectivity index (χ2v) is 4.60. The van der Waals surface area contributed by atoms with Crippen LogP contribution in [0.3, 0.4) is 0 Å². The molecule has 0 N–H and O–H groups in total. The molecule has 0 aliphatic heterocycles. The minimum absolute atomic E-state index is 0.182. The highest BCUT2D eigenvalue weighted by atomic mass is 32.1. The van der Waals surface area contributed by atoms with E-state index in [0.29, 0.717) is 0 Å². The maximum Gasteiger partial charge on any atom is 0.254 e. The zero-order chi connectivity index (χ0) is 11.4. The van der Waals surface area contributed by atoms with E-state index in [4.69, 9.17) is 0 Å². The van der Waals surface area contributed by atoms with Gasteiger partial charge in [0.15, 0.2) is 0 Å². The molecule has 0 fully saturated rings. The van der Waals surface area contributed by atoms with Crippen LogP contribution in [0.4, 0.5) is 0 Å². The topological polar surface area (TPSA) is 20.3 Å². The third-order valence-electron chi connectivity index (χ3n) is 2.74. The second-order valence-electron chi connectivity index (χ2n) is 3.52. The van der Waals surface area contributed by atoms with Gasteiger partial charge in [-0.1, -0.05) is 6.92 Å². The molecule has 0 spiro atoms. The van der Waals surface area contributed by atoms with Gasteiger partial charge in [-0.05, 0) is 32.8 Å². The van der Waals surface area contributed by atoms with Gasteiger partial charge < -0.3 is 4.90 Å². The fraction of sp³-hybridized carbons (Fsp3) is 0.583. The summed E-state index contributed by atoms with van der Waals surface area (Å²) in [4.78, 5) is 15.3. The first kappa shape index (κ1) is 12.2. The minimum atomic E-state index is 0.182. The van der Waals surface area contributed by atoms with Gasteiger partial charge in [0.25, 0.3) is 5.91 Å². The van der Waals surface area contributed by atoms with Crippen molar-refractivity contribution in [1.29, 1.82) is 0 Å². The first-order valence-corrected chi connectivity index (χ1v) is 6.39. The summed E-state index contributed by atoms with van der Waals surface area (Å²) in [6.07, 6.45) is 0.942. The van der Waals surface area contributed by atoms with Gasteiger partial charge in [0.1, 0.15) is 0 Å². The Balaban J connectivity index is 3.00. The van der Waals surface area contributed by atoms with Crippen LogP contribution >= 0.6 is 11.3 Å². The molecule has 0 radical (unpaired) electrons. The highest BCUT2D eigenvalue weighted by Gasteiger charge is 2.18. The Bertz CT molecular complexity index is 339. The van der Waals surface area contributed by atoms with Crippen LogP contribution < -0.4 is 0 Å². The molecular weight excluding hydrogens is 206 g/mol. The Morgan fingerprint density at radius 2 is 1.93 bits per heavy atom. The number of hydrogen-bond acceptors (Lipinski definition) is 2. The summed E-state index contributed by atoms with van der Waals surface area (Å²) in [6.45, 7) is 9.80. The van der Waals surface area contributed by atoms with E-state index in [2.05, 4.69) is 13.8 Å². The molecule has 1 aromatic rings. The van der Waals surface area contributed by atoms with Crippen molar-refractivity contribution < 1.29 is 4.79 Å². The minimum Gasteiger partial charge on any atom is -0.339 e. The average molecular weight is 225 g/mol. The van der Waals surface area contributed by atoms with Crippen molar-refractivity contribution in [3.63, 3.8) is 0 Å². The van der Waals surface area contributed by atoms with Crippen molar-refractivity contribution in [2.24, 2.45) is 0 Å². The summed E-state index contributed by atoms with van der Waals surface area (Å²) in [7, 11) is 0. The highest BCUT2D eigenvalue weighted by Crippen LogP contribution is 2.23. The van der Waals surface area contributed by atoms with Crippen LogP contribution in [0.1, 0.15) is 41.6 Å². The Kier molecular flexibility index (Phi) is 4.33. The number of carbonyl (C=O) groups excluding carboxylic acids is 1. The van der Waals surface area contributed by atoms with Gasteiger partial charge >= 0.3 is 0 Å². The first-order valence-electron chi connectivity index (χ1n) is 5.51. The molecule has 0 atom stereocenters. The third kappa shape index (κ3) is 2.40. The summed E-state index contributed by atoms with van der Waals surface area (Å²) in [5.74, 6) is 0.182. The van der Waals surface area contributed by atoms with E-state index in [1.54, 1.807) is 11.3 Å². The number of aryl methyl sites for hydroxylation is 1. The predicted molar refractivity (Wildman–Crippen MR) is 65.7 cm³/mol. The molecule has 1 heterocycles. The second kappa shape index (κ2) is 5.31. The van der Waals surface area contributed by atoms with Gasteiger partial charge in [0.05, 0.1) is 5.56 Å². The lowest BCUT2D eigenvalue weighted by atomic mass is 10.1. The van der Waals surface area contributed by atoms with Crippen LogP contribution in [0.25, 0.3) is 0 Å². The fourth-order valence-electron chi connectivity index (χ4n) is 1.78. The monoisotopic (exact) mass is 225 g/mol. The lowest BCUT2D eigenvalue weighted by Crippen LogP contribution is -2.30. The van der Waals surface area contributed by atoms with Crippen LogP contribution in [0.15, 0.2) is 5.38 Å². The third-order valence-corrected chi connectivity index (χ3v) is 3.69. The number of amides is 1. The number of hydrogen-bond donors (Lipinski definition) is 0. The molecular formula is C12H19NOS. The van der Waals surface area contributed by atoms with Crippen molar-refractivity contribution in [2.45, 2.75) is 34.1 Å². The fourth-order valence-corrected chi connectivity index (χ4v) is 2.71. The molecule has 0 aliphatic rings. The van der Waals surface area contributed by atoms with Gasteiger partial charge in [0.2, 0.25) is 0 Å². The molecule has 3 heteroatoms. The maximum atomic E-state index is 12.1. The Morgan fingerprint density at radius 1 is 1.33 bits per heavy atom. The first-order chi connectivity index (χ1) is 7.15. The van der Waals surface area contributed by atoms with Gasteiger partial charge in [-0.15, -0.1) is 11.3 Å². The molecule has 1 amide bonds. The number of carbonyl (C=O) groups is 1. The molecule has 15 heavy (non-hydrogen) atoms. The summed E-state index contributed by atoms with van der Waals surface area (Å²) in [6, 6.07) is 0. The molecule has 0 aromatic carbocycles.